The second kappa shape index (κ2) is 10.4. The smallest absolute Gasteiger partial charge is 0.322 e. The molecule has 1 aromatic heterocycles. The van der Waals surface area contributed by atoms with Crippen molar-refractivity contribution in [2.75, 3.05) is 6.54 Å². The van der Waals surface area contributed by atoms with Crippen molar-refractivity contribution in [2.45, 2.75) is 32.7 Å². The summed E-state index contributed by atoms with van der Waals surface area (Å²) in [5.74, 6) is 0.855. The van der Waals surface area contributed by atoms with Crippen LogP contribution in [0, 0.1) is 6.92 Å². The number of carbonyl (C=O) groups excluding carboxylic acids is 1. The Kier molecular flexibility index (Phi) is 6.87. The van der Waals surface area contributed by atoms with Crippen LogP contribution in [0.4, 0.5) is 4.79 Å². The van der Waals surface area contributed by atoms with Crippen LogP contribution in [0.3, 0.4) is 0 Å². The van der Waals surface area contributed by atoms with Crippen LogP contribution in [0.5, 0.6) is 0 Å². The van der Waals surface area contributed by atoms with E-state index in [1.54, 1.807) is 17.0 Å². The molecule has 0 spiro atoms. The van der Waals surface area contributed by atoms with E-state index in [2.05, 4.69) is 22.6 Å². The highest BCUT2D eigenvalue weighted by Crippen LogP contribution is 2.37. The van der Waals surface area contributed by atoms with Crippen LogP contribution in [0.15, 0.2) is 89.1 Å². The molecule has 0 radical (unpaired) electrons. The topological polar surface area (TPSA) is 71.3 Å². The molecule has 0 saturated heterocycles. The van der Waals surface area contributed by atoms with Crippen LogP contribution in [0.25, 0.3) is 17.0 Å². The largest absolute Gasteiger partial charge is 0.334 e. The molecule has 36 heavy (non-hydrogen) atoms. The number of nitrogens with zero attached hydrogens (tertiary/aromatic N) is 3. The fraction of sp³-hybridized carbons (Fsp3) is 0.207. The molecule has 0 saturated carbocycles. The predicted molar refractivity (Wildman–Crippen MR) is 141 cm³/mol. The van der Waals surface area contributed by atoms with Crippen LogP contribution in [0.1, 0.15) is 42.0 Å². The number of nitrogens with one attached hydrogen (secondary N) is 1. The Labute approximate surface area is 215 Å². The molecule has 0 aliphatic carbocycles. The molecule has 3 aromatic carbocycles. The highest BCUT2D eigenvalue weighted by Gasteiger charge is 2.35. The van der Waals surface area contributed by atoms with Gasteiger partial charge in [-0.05, 0) is 62.1 Å². The first kappa shape index (κ1) is 23.8. The average Bonchev–Trinajstić information content (AvgIpc) is 3.37. The number of allylic oxidation sites excluding steroid dienone is 1. The Morgan fingerprint density at radius 2 is 1.69 bits per heavy atom. The van der Waals surface area contributed by atoms with E-state index in [1.807, 2.05) is 68.4 Å². The van der Waals surface area contributed by atoms with Crippen LogP contribution in [0.2, 0.25) is 5.02 Å². The van der Waals surface area contributed by atoms with E-state index < -0.39 is 6.04 Å². The summed E-state index contributed by atoms with van der Waals surface area (Å²) in [5, 5.41) is 8.03. The molecular formula is C29H27ClN4O2. The van der Waals surface area contributed by atoms with E-state index in [-0.39, 0.29) is 6.03 Å². The van der Waals surface area contributed by atoms with Crippen molar-refractivity contribution < 1.29 is 9.32 Å². The maximum Gasteiger partial charge on any atom is 0.322 e. The molecule has 0 bridgehead atoms. The molecule has 182 valence electrons. The summed E-state index contributed by atoms with van der Waals surface area (Å²) in [6, 6.07) is 25.2. The molecule has 1 atom stereocenters. The van der Waals surface area contributed by atoms with E-state index in [1.165, 1.54) is 5.56 Å². The molecule has 2 amide bonds. The van der Waals surface area contributed by atoms with E-state index in [4.69, 9.17) is 21.1 Å². The van der Waals surface area contributed by atoms with Gasteiger partial charge >= 0.3 is 6.03 Å². The van der Waals surface area contributed by atoms with Gasteiger partial charge in [0.15, 0.2) is 0 Å². The monoisotopic (exact) mass is 498 g/mol. The minimum Gasteiger partial charge on any atom is -0.334 e. The van der Waals surface area contributed by atoms with Gasteiger partial charge in [0.2, 0.25) is 5.82 Å². The lowest BCUT2D eigenvalue weighted by atomic mass is 9.94. The Morgan fingerprint density at radius 1 is 0.972 bits per heavy atom. The minimum absolute atomic E-state index is 0.132. The second-order valence-electron chi connectivity index (χ2n) is 8.96. The summed E-state index contributed by atoms with van der Waals surface area (Å²) in [7, 11) is 0. The molecule has 6 nitrogen and oxygen atoms in total. The van der Waals surface area contributed by atoms with Gasteiger partial charge < -0.3 is 9.84 Å². The van der Waals surface area contributed by atoms with Crippen molar-refractivity contribution in [3.8, 4) is 11.4 Å². The Morgan fingerprint density at radius 3 is 2.42 bits per heavy atom. The maximum absolute atomic E-state index is 13.2. The number of aryl methyl sites for hydroxylation is 2. The number of carbonyl (C=O) groups is 1. The highest BCUT2D eigenvalue weighted by molar-refractivity contribution is 6.30. The third-order valence-electron chi connectivity index (χ3n) is 6.46. The number of urea groups is 1. The number of benzene rings is 3. The quantitative estimate of drug-likeness (QED) is 0.303. The average molecular weight is 499 g/mol. The summed E-state index contributed by atoms with van der Waals surface area (Å²) < 4.78 is 5.76. The zero-order valence-corrected chi connectivity index (χ0v) is 21.0. The first-order chi connectivity index (χ1) is 17.5. The van der Waals surface area contributed by atoms with Crippen LogP contribution < -0.4 is 5.32 Å². The van der Waals surface area contributed by atoms with Crippen LogP contribution in [-0.2, 0) is 6.42 Å². The fourth-order valence-electron chi connectivity index (χ4n) is 4.47. The van der Waals surface area contributed by atoms with Crippen molar-refractivity contribution >= 4 is 23.2 Å². The molecule has 1 N–H and O–H groups in total. The number of hydrogen-bond acceptors (Lipinski definition) is 4. The number of aromatic nitrogens is 2. The summed E-state index contributed by atoms with van der Waals surface area (Å²) in [6.07, 6.45) is 1.72. The van der Waals surface area contributed by atoms with Crippen molar-refractivity contribution in [2.24, 2.45) is 0 Å². The summed E-state index contributed by atoms with van der Waals surface area (Å²) in [5.41, 5.74) is 5.76. The normalized spacial score (nSPS) is 15.8. The van der Waals surface area contributed by atoms with Gasteiger partial charge in [0.25, 0.3) is 5.89 Å². The zero-order chi connectivity index (χ0) is 25.1. The van der Waals surface area contributed by atoms with E-state index in [0.717, 1.165) is 40.8 Å². The fourth-order valence-corrected chi connectivity index (χ4v) is 4.60. The summed E-state index contributed by atoms with van der Waals surface area (Å²) in [4.78, 5) is 19.7. The summed E-state index contributed by atoms with van der Waals surface area (Å²) in [6.45, 7) is 4.56. The molecular weight excluding hydrogens is 472 g/mol. The zero-order valence-electron chi connectivity index (χ0n) is 20.2. The lowest BCUT2D eigenvalue weighted by molar-refractivity contribution is 0.204. The van der Waals surface area contributed by atoms with Gasteiger partial charge in [-0.2, -0.15) is 4.98 Å². The molecule has 2 heterocycles. The second-order valence-corrected chi connectivity index (χ2v) is 9.40. The van der Waals surface area contributed by atoms with Gasteiger partial charge in [0.1, 0.15) is 0 Å². The number of halogens is 1. The van der Waals surface area contributed by atoms with Gasteiger partial charge in [-0.25, -0.2) is 4.79 Å². The van der Waals surface area contributed by atoms with Crippen LogP contribution in [-0.4, -0.2) is 27.6 Å². The van der Waals surface area contributed by atoms with Crippen molar-refractivity contribution in [1.29, 1.82) is 0 Å². The lowest BCUT2D eigenvalue weighted by Gasteiger charge is -2.35. The SMILES string of the molecule is CC1=C(c2nc(-c3ccc(Cl)cc3)no2)C(c2ccc(C)cc2)NC(=O)N1CCCc1ccccc1. The predicted octanol–water partition coefficient (Wildman–Crippen LogP) is 6.83. The van der Waals surface area contributed by atoms with Gasteiger partial charge in [0.05, 0.1) is 11.6 Å². The number of rotatable bonds is 7. The first-order valence-electron chi connectivity index (χ1n) is 12.0. The van der Waals surface area contributed by atoms with E-state index >= 15 is 0 Å². The molecule has 4 aromatic rings. The van der Waals surface area contributed by atoms with Crippen molar-refractivity contribution in [3.05, 3.63) is 112 Å². The molecule has 1 unspecified atom stereocenters. The van der Waals surface area contributed by atoms with Gasteiger partial charge in [0, 0.05) is 22.8 Å². The third-order valence-corrected chi connectivity index (χ3v) is 6.71. The summed E-state index contributed by atoms with van der Waals surface area (Å²) >= 11 is 6.04. The van der Waals surface area contributed by atoms with Crippen molar-refractivity contribution in [1.82, 2.24) is 20.4 Å². The van der Waals surface area contributed by atoms with E-state index in [0.29, 0.717) is 23.3 Å². The molecule has 5 rings (SSSR count). The highest BCUT2D eigenvalue weighted by atomic mass is 35.5. The minimum atomic E-state index is -0.401. The molecule has 0 fully saturated rings. The van der Waals surface area contributed by atoms with Crippen LogP contribution >= 0.6 is 11.6 Å². The molecule has 7 heteroatoms. The lowest BCUT2D eigenvalue weighted by Crippen LogP contribution is -2.46. The molecule has 1 aliphatic heterocycles. The van der Waals surface area contributed by atoms with Gasteiger partial charge in [-0.3, -0.25) is 4.90 Å². The Hall–Kier alpha value is -3.90. The number of amides is 2. The number of hydrogen-bond donors (Lipinski definition) is 1. The maximum atomic E-state index is 13.2. The van der Waals surface area contributed by atoms with Crippen molar-refractivity contribution in [3.63, 3.8) is 0 Å². The standard InChI is InChI=1S/C29H27ClN4O2/c1-19-10-12-22(13-11-19)26-25(28-32-27(33-36-28)23-14-16-24(30)17-15-23)20(2)34(29(35)31-26)18-6-9-21-7-4-3-5-8-21/h3-5,7-8,10-17,26H,6,9,18H2,1-2H3,(H,31,35). The first-order valence-corrected chi connectivity index (χ1v) is 12.4. The third kappa shape index (κ3) is 5.04. The Balaban J connectivity index is 1.49. The van der Waals surface area contributed by atoms with E-state index in [9.17, 15) is 4.79 Å². The van der Waals surface area contributed by atoms with Gasteiger partial charge in [-0.1, -0.05) is 76.9 Å². The Bertz CT molecular complexity index is 1380. The molecule has 1 aliphatic rings. The van der Waals surface area contributed by atoms with Gasteiger partial charge in [-0.15, -0.1) is 0 Å².